The van der Waals surface area contributed by atoms with Gasteiger partial charge in [-0.2, -0.15) is 0 Å². The van der Waals surface area contributed by atoms with E-state index in [0.29, 0.717) is 13.2 Å². The zero-order valence-electron chi connectivity index (χ0n) is 9.86. The fourth-order valence-electron chi connectivity index (χ4n) is 2.68. The molecule has 2 aliphatic heterocycles. The summed E-state index contributed by atoms with van der Waals surface area (Å²) in [4.78, 5) is 14.3. The topological polar surface area (TPSA) is 55.6 Å². The molecule has 1 amide bonds. The summed E-state index contributed by atoms with van der Waals surface area (Å²) in [5, 5.41) is 0. The first kappa shape index (κ1) is 11.9. The Balaban J connectivity index is 2.00. The van der Waals surface area contributed by atoms with Crippen molar-refractivity contribution in [1.82, 2.24) is 4.90 Å². The zero-order chi connectivity index (χ0) is 11.4. The third-order valence-electron chi connectivity index (χ3n) is 3.71. The van der Waals surface area contributed by atoms with Crippen molar-refractivity contribution in [3.63, 3.8) is 0 Å². The van der Waals surface area contributed by atoms with Gasteiger partial charge in [0.2, 0.25) is 5.91 Å². The quantitative estimate of drug-likeness (QED) is 0.756. The first-order valence-electron chi connectivity index (χ1n) is 6.41. The Labute approximate surface area is 97.1 Å². The fourth-order valence-corrected chi connectivity index (χ4v) is 2.68. The minimum atomic E-state index is 0.0900. The van der Waals surface area contributed by atoms with Crippen molar-refractivity contribution in [2.24, 2.45) is 11.7 Å². The normalized spacial score (nSPS) is 31.4. The molecule has 16 heavy (non-hydrogen) atoms. The lowest BCUT2D eigenvalue weighted by atomic mass is 10.0. The van der Waals surface area contributed by atoms with Crippen molar-refractivity contribution in [3.8, 4) is 0 Å². The van der Waals surface area contributed by atoms with Gasteiger partial charge in [-0.1, -0.05) is 12.8 Å². The highest BCUT2D eigenvalue weighted by Crippen LogP contribution is 2.22. The molecule has 0 bridgehead atoms. The molecular weight excluding hydrogens is 204 g/mol. The highest BCUT2D eigenvalue weighted by molar-refractivity contribution is 5.79. The number of hydrogen-bond acceptors (Lipinski definition) is 3. The summed E-state index contributed by atoms with van der Waals surface area (Å²) in [5.41, 5.74) is 5.77. The Morgan fingerprint density at radius 3 is 2.88 bits per heavy atom. The van der Waals surface area contributed by atoms with E-state index in [9.17, 15) is 4.79 Å². The van der Waals surface area contributed by atoms with Crippen molar-refractivity contribution in [2.75, 3.05) is 26.3 Å². The van der Waals surface area contributed by atoms with E-state index in [1.165, 1.54) is 12.8 Å². The van der Waals surface area contributed by atoms with Crippen LogP contribution in [0, 0.1) is 5.92 Å². The molecule has 0 aromatic carbocycles. The van der Waals surface area contributed by atoms with Gasteiger partial charge in [-0.05, 0) is 19.3 Å². The number of hydrogen-bond donors (Lipinski definition) is 1. The predicted molar refractivity (Wildman–Crippen MR) is 61.9 cm³/mol. The minimum Gasteiger partial charge on any atom is -0.381 e. The van der Waals surface area contributed by atoms with Crippen LogP contribution >= 0.6 is 0 Å². The van der Waals surface area contributed by atoms with Crippen LogP contribution in [0.2, 0.25) is 0 Å². The number of carbonyl (C=O) groups excluding carboxylic acids is 1. The summed E-state index contributed by atoms with van der Waals surface area (Å²) < 4.78 is 5.29. The molecule has 4 heteroatoms. The molecule has 2 unspecified atom stereocenters. The molecule has 0 aliphatic carbocycles. The molecule has 2 atom stereocenters. The van der Waals surface area contributed by atoms with Crippen molar-refractivity contribution in [3.05, 3.63) is 0 Å². The second-order valence-electron chi connectivity index (χ2n) is 4.83. The van der Waals surface area contributed by atoms with Gasteiger partial charge < -0.3 is 15.4 Å². The number of carbonyl (C=O) groups is 1. The first-order valence-corrected chi connectivity index (χ1v) is 6.41. The first-order chi connectivity index (χ1) is 7.83. The van der Waals surface area contributed by atoms with Crippen LogP contribution in [0.25, 0.3) is 0 Å². The van der Waals surface area contributed by atoms with Gasteiger partial charge in [-0.3, -0.25) is 4.79 Å². The summed E-state index contributed by atoms with van der Waals surface area (Å²) in [6.45, 7) is 2.82. The molecule has 0 spiro atoms. The molecule has 0 radical (unpaired) electrons. The molecular formula is C12H22N2O2. The highest BCUT2D eigenvalue weighted by atomic mass is 16.5. The average Bonchev–Trinajstić information content (AvgIpc) is 2.73. The summed E-state index contributed by atoms with van der Waals surface area (Å²) in [6.07, 6.45) is 5.49. The van der Waals surface area contributed by atoms with Gasteiger partial charge >= 0.3 is 0 Å². The van der Waals surface area contributed by atoms with Gasteiger partial charge in [0.05, 0.1) is 12.5 Å². The number of nitrogens with zero attached hydrogens (tertiary/aromatic N) is 1. The minimum absolute atomic E-state index is 0.0900. The fraction of sp³-hybridized carbons (Fsp3) is 0.917. The Hall–Kier alpha value is -0.610. The lowest BCUT2D eigenvalue weighted by Crippen LogP contribution is -2.46. The Morgan fingerprint density at radius 1 is 1.31 bits per heavy atom. The number of amides is 1. The number of nitrogens with two attached hydrogens (primary N) is 1. The lowest BCUT2D eigenvalue weighted by molar-refractivity contribution is -0.137. The van der Waals surface area contributed by atoms with E-state index in [1.807, 2.05) is 4.90 Å². The third-order valence-corrected chi connectivity index (χ3v) is 3.71. The van der Waals surface area contributed by atoms with Crippen LogP contribution in [0.5, 0.6) is 0 Å². The van der Waals surface area contributed by atoms with Crippen molar-refractivity contribution in [2.45, 2.75) is 38.1 Å². The van der Waals surface area contributed by atoms with Gasteiger partial charge in [0, 0.05) is 25.7 Å². The van der Waals surface area contributed by atoms with Gasteiger partial charge in [-0.25, -0.2) is 0 Å². The summed E-state index contributed by atoms with van der Waals surface area (Å²) in [5.74, 6) is 0.363. The van der Waals surface area contributed by atoms with E-state index in [4.69, 9.17) is 10.5 Å². The Morgan fingerprint density at radius 2 is 2.19 bits per heavy atom. The van der Waals surface area contributed by atoms with Crippen LogP contribution in [0.4, 0.5) is 0 Å². The lowest BCUT2D eigenvalue weighted by Gasteiger charge is -2.31. The maximum absolute atomic E-state index is 12.3. The zero-order valence-corrected chi connectivity index (χ0v) is 9.86. The number of ether oxygens (including phenoxy) is 1. The van der Waals surface area contributed by atoms with Crippen LogP contribution in [0.15, 0.2) is 0 Å². The van der Waals surface area contributed by atoms with Crippen molar-refractivity contribution in [1.29, 1.82) is 0 Å². The molecule has 4 nitrogen and oxygen atoms in total. The second-order valence-corrected chi connectivity index (χ2v) is 4.83. The molecule has 2 heterocycles. The van der Waals surface area contributed by atoms with Gasteiger partial charge in [0.1, 0.15) is 0 Å². The third kappa shape index (κ3) is 2.55. The number of rotatable bonds is 2. The highest BCUT2D eigenvalue weighted by Gasteiger charge is 2.31. The van der Waals surface area contributed by atoms with Crippen molar-refractivity contribution < 1.29 is 9.53 Å². The molecule has 0 aromatic heterocycles. The Bertz CT molecular complexity index is 239. The molecule has 2 saturated heterocycles. The van der Waals surface area contributed by atoms with Crippen LogP contribution in [-0.4, -0.2) is 43.2 Å². The van der Waals surface area contributed by atoms with E-state index in [-0.39, 0.29) is 17.9 Å². The van der Waals surface area contributed by atoms with E-state index < -0.39 is 0 Å². The van der Waals surface area contributed by atoms with E-state index in [1.54, 1.807) is 0 Å². The average molecular weight is 226 g/mol. The molecule has 92 valence electrons. The smallest absolute Gasteiger partial charge is 0.228 e. The standard InChI is InChI=1S/C12H22N2O2/c13-8-11-4-2-1-3-6-14(11)12(15)10-5-7-16-9-10/h10-11H,1-9,13H2. The summed E-state index contributed by atoms with van der Waals surface area (Å²) >= 11 is 0. The van der Waals surface area contributed by atoms with Crippen LogP contribution < -0.4 is 5.73 Å². The summed E-state index contributed by atoms with van der Waals surface area (Å²) in [7, 11) is 0. The van der Waals surface area contributed by atoms with Crippen LogP contribution in [0.3, 0.4) is 0 Å². The molecule has 2 fully saturated rings. The van der Waals surface area contributed by atoms with Gasteiger partial charge in [-0.15, -0.1) is 0 Å². The molecule has 2 rings (SSSR count). The predicted octanol–water partition coefficient (Wildman–Crippen LogP) is 0.753. The maximum atomic E-state index is 12.3. The van der Waals surface area contributed by atoms with Crippen LogP contribution in [-0.2, 0) is 9.53 Å². The SMILES string of the molecule is NCC1CCCCCN1C(=O)C1CCOC1. The molecule has 2 N–H and O–H groups in total. The summed E-state index contributed by atoms with van der Waals surface area (Å²) in [6, 6.07) is 0.260. The number of likely N-dealkylation sites (tertiary alicyclic amines) is 1. The monoisotopic (exact) mass is 226 g/mol. The molecule has 0 saturated carbocycles. The van der Waals surface area contributed by atoms with Crippen molar-refractivity contribution >= 4 is 5.91 Å². The van der Waals surface area contributed by atoms with E-state index >= 15 is 0 Å². The van der Waals surface area contributed by atoms with E-state index in [0.717, 1.165) is 32.4 Å². The maximum Gasteiger partial charge on any atom is 0.228 e. The van der Waals surface area contributed by atoms with Gasteiger partial charge in [0.15, 0.2) is 0 Å². The Kier molecular flexibility index (Phi) is 4.18. The van der Waals surface area contributed by atoms with E-state index in [2.05, 4.69) is 0 Å². The second kappa shape index (κ2) is 5.64. The largest absolute Gasteiger partial charge is 0.381 e. The molecule has 0 aromatic rings. The molecule has 2 aliphatic rings. The van der Waals surface area contributed by atoms with Crippen LogP contribution in [0.1, 0.15) is 32.1 Å². The van der Waals surface area contributed by atoms with Gasteiger partial charge in [0.25, 0.3) is 0 Å².